The second-order valence-electron chi connectivity index (χ2n) is 3.57. The topological polar surface area (TPSA) is 39.2 Å². The fraction of sp³-hybridized carbons (Fsp3) is 0.167. The zero-order valence-electron chi connectivity index (χ0n) is 8.49. The highest BCUT2D eigenvalue weighted by Gasteiger charge is 2.13. The Morgan fingerprint density at radius 3 is 2.44 bits per heavy atom. The number of rotatable bonds is 3. The third-order valence-corrected chi connectivity index (χ3v) is 3.17. The van der Waals surface area contributed by atoms with E-state index in [2.05, 4.69) is 0 Å². The Labute approximate surface area is 104 Å². The molecule has 0 bridgehead atoms. The number of hydrogen-bond acceptors (Lipinski definition) is 2. The van der Waals surface area contributed by atoms with Gasteiger partial charge < -0.3 is 10.2 Å². The zero-order chi connectivity index (χ0) is 11.5. The first-order valence-electron chi connectivity index (χ1n) is 4.89. The first-order chi connectivity index (χ1) is 7.68. The van der Waals surface area contributed by atoms with Crippen molar-refractivity contribution in [2.24, 2.45) is 5.73 Å². The molecule has 1 aromatic carbocycles. The maximum absolute atomic E-state index is 6.07. The molecule has 2 nitrogen and oxygen atoms in total. The third-order valence-electron chi connectivity index (χ3n) is 2.46. The van der Waals surface area contributed by atoms with Crippen molar-refractivity contribution in [2.75, 3.05) is 0 Å². The van der Waals surface area contributed by atoms with Crippen LogP contribution in [-0.2, 0) is 6.42 Å². The average Bonchev–Trinajstić information content (AvgIpc) is 2.76. The Morgan fingerprint density at radius 2 is 1.88 bits per heavy atom. The fourth-order valence-corrected chi connectivity index (χ4v) is 2.10. The van der Waals surface area contributed by atoms with Crippen LogP contribution in [0.4, 0.5) is 0 Å². The standard InChI is InChI=1S/C12H11Cl2NO/c13-10-2-1-3-11(14)9(10)6-12(15)8-4-5-16-7-8/h1-5,7,12H,6,15H2. The Balaban J connectivity index is 2.21. The zero-order valence-corrected chi connectivity index (χ0v) is 10.0. The summed E-state index contributed by atoms with van der Waals surface area (Å²) in [5, 5.41) is 1.29. The van der Waals surface area contributed by atoms with Crippen molar-refractivity contribution in [2.45, 2.75) is 12.5 Å². The molecule has 2 N–H and O–H groups in total. The maximum atomic E-state index is 6.07. The van der Waals surface area contributed by atoms with Crippen molar-refractivity contribution in [3.05, 3.63) is 58.0 Å². The molecular weight excluding hydrogens is 245 g/mol. The Morgan fingerprint density at radius 1 is 1.19 bits per heavy atom. The lowest BCUT2D eigenvalue weighted by atomic mass is 10.0. The van der Waals surface area contributed by atoms with Crippen molar-refractivity contribution in [3.63, 3.8) is 0 Å². The van der Waals surface area contributed by atoms with Crippen LogP contribution in [0, 0.1) is 0 Å². The predicted octanol–water partition coefficient (Wildman–Crippen LogP) is 3.83. The Kier molecular flexibility index (Phi) is 3.54. The molecule has 0 aliphatic carbocycles. The molecule has 0 saturated carbocycles. The van der Waals surface area contributed by atoms with Crippen LogP contribution in [0.1, 0.15) is 17.2 Å². The quantitative estimate of drug-likeness (QED) is 0.906. The first kappa shape index (κ1) is 11.5. The number of benzene rings is 1. The summed E-state index contributed by atoms with van der Waals surface area (Å²) in [5.74, 6) is 0. The van der Waals surface area contributed by atoms with Crippen molar-refractivity contribution in [1.82, 2.24) is 0 Å². The van der Waals surface area contributed by atoms with Crippen LogP contribution in [0.3, 0.4) is 0 Å². The van der Waals surface area contributed by atoms with E-state index in [1.165, 1.54) is 0 Å². The summed E-state index contributed by atoms with van der Waals surface area (Å²) >= 11 is 12.1. The third kappa shape index (κ3) is 2.40. The van der Waals surface area contributed by atoms with E-state index in [1.54, 1.807) is 12.5 Å². The molecule has 1 atom stereocenters. The molecule has 1 aromatic heterocycles. The van der Waals surface area contributed by atoms with Gasteiger partial charge in [-0.3, -0.25) is 0 Å². The van der Waals surface area contributed by atoms with Gasteiger partial charge in [0.05, 0.1) is 12.5 Å². The van der Waals surface area contributed by atoms with Crippen molar-refractivity contribution in [1.29, 1.82) is 0 Å². The fourth-order valence-electron chi connectivity index (χ4n) is 1.55. The number of hydrogen-bond donors (Lipinski definition) is 1. The normalized spacial score (nSPS) is 12.7. The molecular formula is C12H11Cl2NO. The van der Waals surface area contributed by atoms with E-state index in [4.69, 9.17) is 33.4 Å². The molecule has 2 aromatic rings. The van der Waals surface area contributed by atoms with Gasteiger partial charge in [-0.2, -0.15) is 0 Å². The number of furan rings is 1. The molecule has 1 heterocycles. The summed E-state index contributed by atoms with van der Waals surface area (Å²) < 4.78 is 4.99. The van der Waals surface area contributed by atoms with Crippen molar-refractivity contribution < 1.29 is 4.42 Å². The van der Waals surface area contributed by atoms with Crippen LogP contribution in [0.15, 0.2) is 41.2 Å². The summed E-state index contributed by atoms with van der Waals surface area (Å²) in [5.41, 5.74) is 7.85. The van der Waals surface area contributed by atoms with Gasteiger partial charge in [-0.05, 0) is 30.2 Å². The second kappa shape index (κ2) is 4.91. The highest BCUT2D eigenvalue weighted by Crippen LogP contribution is 2.28. The molecule has 0 spiro atoms. The average molecular weight is 256 g/mol. The van der Waals surface area contributed by atoms with Gasteiger partial charge in [0.25, 0.3) is 0 Å². The molecule has 0 fully saturated rings. The smallest absolute Gasteiger partial charge is 0.0950 e. The van der Waals surface area contributed by atoms with Gasteiger partial charge in [0, 0.05) is 21.7 Å². The lowest BCUT2D eigenvalue weighted by Crippen LogP contribution is -2.13. The highest BCUT2D eigenvalue weighted by molar-refractivity contribution is 6.36. The largest absolute Gasteiger partial charge is 0.472 e. The van der Waals surface area contributed by atoms with Crippen LogP contribution in [0.5, 0.6) is 0 Å². The van der Waals surface area contributed by atoms with Crippen molar-refractivity contribution in [3.8, 4) is 0 Å². The first-order valence-corrected chi connectivity index (χ1v) is 5.64. The van der Waals surface area contributed by atoms with Gasteiger partial charge in [-0.1, -0.05) is 29.3 Å². The van der Waals surface area contributed by atoms with E-state index in [0.717, 1.165) is 11.1 Å². The minimum absolute atomic E-state index is 0.156. The van der Waals surface area contributed by atoms with Crippen LogP contribution in [0.2, 0.25) is 10.0 Å². The van der Waals surface area contributed by atoms with Gasteiger partial charge in [-0.15, -0.1) is 0 Å². The summed E-state index contributed by atoms with van der Waals surface area (Å²) in [6.45, 7) is 0. The van der Waals surface area contributed by atoms with Crippen LogP contribution in [0.25, 0.3) is 0 Å². The van der Waals surface area contributed by atoms with Gasteiger partial charge in [0.1, 0.15) is 0 Å². The summed E-state index contributed by atoms with van der Waals surface area (Å²) in [7, 11) is 0. The minimum atomic E-state index is -0.156. The lowest BCUT2D eigenvalue weighted by Gasteiger charge is -2.12. The molecule has 0 aliphatic rings. The maximum Gasteiger partial charge on any atom is 0.0950 e. The predicted molar refractivity (Wildman–Crippen MR) is 65.8 cm³/mol. The number of nitrogens with two attached hydrogens (primary N) is 1. The molecule has 84 valence electrons. The molecule has 4 heteroatoms. The summed E-state index contributed by atoms with van der Waals surface area (Å²) in [6, 6.07) is 7.12. The molecule has 0 radical (unpaired) electrons. The van der Waals surface area contributed by atoms with E-state index >= 15 is 0 Å². The molecule has 16 heavy (non-hydrogen) atoms. The van der Waals surface area contributed by atoms with Gasteiger partial charge in [-0.25, -0.2) is 0 Å². The van der Waals surface area contributed by atoms with E-state index in [0.29, 0.717) is 16.5 Å². The van der Waals surface area contributed by atoms with Crippen LogP contribution in [-0.4, -0.2) is 0 Å². The summed E-state index contributed by atoms with van der Waals surface area (Å²) in [6.07, 6.45) is 3.83. The van der Waals surface area contributed by atoms with Gasteiger partial charge >= 0.3 is 0 Å². The Hall–Kier alpha value is -0.960. The molecule has 0 amide bonds. The van der Waals surface area contributed by atoms with Crippen LogP contribution >= 0.6 is 23.2 Å². The molecule has 1 unspecified atom stereocenters. The minimum Gasteiger partial charge on any atom is -0.472 e. The van der Waals surface area contributed by atoms with E-state index in [9.17, 15) is 0 Å². The number of halogens is 2. The monoisotopic (exact) mass is 255 g/mol. The van der Waals surface area contributed by atoms with Gasteiger partial charge in [0.15, 0.2) is 0 Å². The molecule has 0 saturated heterocycles. The highest BCUT2D eigenvalue weighted by atomic mass is 35.5. The second-order valence-corrected chi connectivity index (χ2v) is 4.38. The lowest BCUT2D eigenvalue weighted by molar-refractivity contribution is 0.558. The Bertz CT molecular complexity index is 448. The van der Waals surface area contributed by atoms with E-state index in [1.807, 2.05) is 24.3 Å². The molecule has 0 aliphatic heterocycles. The molecule has 2 rings (SSSR count). The van der Waals surface area contributed by atoms with Gasteiger partial charge in [0.2, 0.25) is 0 Å². The van der Waals surface area contributed by atoms with E-state index in [-0.39, 0.29) is 6.04 Å². The SMILES string of the molecule is NC(Cc1c(Cl)cccc1Cl)c1ccoc1. The summed E-state index contributed by atoms with van der Waals surface area (Å²) in [4.78, 5) is 0. The van der Waals surface area contributed by atoms with Crippen molar-refractivity contribution >= 4 is 23.2 Å². The van der Waals surface area contributed by atoms with Crippen LogP contribution < -0.4 is 5.73 Å². The van der Waals surface area contributed by atoms with E-state index < -0.39 is 0 Å².